The lowest BCUT2D eigenvalue weighted by Crippen LogP contribution is -2.27. The van der Waals surface area contributed by atoms with Crippen LogP contribution in [-0.4, -0.2) is 19.9 Å². The molecule has 0 atom stereocenters. The topological polar surface area (TPSA) is 62.0 Å². The third-order valence-corrected chi connectivity index (χ3v) is 5.52. The average Bonchev–Trinajstić information content (AvgIpc) is 2.83. The van der Waals surface area contributed by atoms with E-state index < -0.39 is 10.0 Å². The Kier molecular flexibility index (Phi) is 4.73. The van der Waals surface area contributed by atoms with Gasteiger partial charge in [-0.1, -0.05) is 48.0 Å². The fourth-order valence-electron chi connectivity index (χ4n) is 3.06. The second-order valence-corrected chi connectivity index (χ2v) is 7.97. The van der Waals surface area contributed by atoms with E-state index in [4.69, 9.17) is 0 Å². The van der Waals surface area contributed by atoms with E-state index >= 15 is 0 Å². The molecular formula is C19H22N2O2S. The molecule has 0 spiro atoms. The number of aromatic amines is 1. The number of nitrogens with one attached hydrogen (secondary N) is 2. The number of aryl methyl sites for hydroxylation is 2. The van der Waals surface area contributed by atoms with Crippen molar-refractivity contribution in [1.29, 1.82) is 0 Å². The van der Waals surface area contributed by atoms with Crippen LogP contribution in [0.2, 0.25) is 0 Å². The molecule has 0 saturated carbocycles. The minimum Gasteiger partial charge on any atom is -0.358 e. The third kappa shape index (κ3) is 3.86. The van der Waals surface area contributed by atoms with Crippen molar-refractivity contribution < 1.29 is 8.42 Å². The van der Waals surface area contributed by atoms with Crippen LogP contribution in [0.3, 0.4) is 0 Å². The van der Waals surface area contributed by atoms with E-state index in [1.807, 2.05) is 56.3 Å². The normalized spacial score (nSPS) is 11.9. The molecule has 3 aromatic rings. The van der Waals surface area contributed by atoms with E-state index in [1.54, 1.807) is 0 Å². The Balaban J connectivity index is 1.65. The molecule has 0 aliphatic rings. The van der Waals surface area contributed by atoms with Gasteiger partial charge in [0.2, 0.25) is 10.0 Å². The van der Waals surface area contributed by atoms with Crippen LogP contribution in [0.1, 0.15) is 22.4 Å². The van der Waals surface area contributed by atoms with Crippen molar-refractivity contribution in [2.45, 2.75) is 26.0 Å². The summed E-state index contributed by atoms with van der Waals surface area (Å²) in [4.78, 5) is 3.34. The summed E-state index contributed by atoms with van der Waals surface area (Å²) in [6, 6.07) is 15.7. The van der Waals surface area contributed by atoms with Gasteiger partial charge in [-0.3, -0.25) is 0 Å². The Morgan fingerprint density at radius 3 is 2.62 bits per heavy atom. The molecule has 5 heteroatoms. The van der Waals surface area contributed by atoms with Gasteiger partial charge in [-0.05, 0) is 37.5 Å². The number of rotatable bonds is 6. The molecule has 0 saturated heterocycles. The molecule has 0 bridgehead atoms. The maximum atomic E-state index is 12.3. The first-order valence-corrected chi connectivity index (χ1v) is 9.69. The Morgan fingerprint density at radius 2 is 1.83 bits per heavy atom. The van der Waals surface area contributed by atoms with E-state index in [0.717, 1.165) is 27.7 Å². The van der Waals surface area contributed by atoms with Crippen LogP contribution in [0.25, 0.3) is 10.9 Å². The zero-order chi connectivity index (χ0) is 17.2. The van der Waals surface area contributed by atoms with Crippen molar-refractivity contribution in [3.8, 4) is 0 Å². The van der Waals surface area contributed by atoms with Gasteiger partial charge < -0.3 is 4.98 Å². The van der Waals surface area contributed by atoms with Crippen LogP contribution >= 0.6 is 0 Å². The highest BCUT2D eigenvalue weighted by Crippen LogP contribution is 2.22. The Bertz CT molecular complexity index is 958. The minimum absolute atomic E-state index is 0.0154. The molecule has 0 aliphatic heterocycles. The zero-order valence-electron chi connectivity index (χ0n) is 14.0. The van der Waals surface area contributed by atoms with Crippen LogP contribution in [0, 0.1) is 13.8 Å². The summed E-state index contributed by atoms with van der Waals surface area (Å²) >= 11 is 0. The predicted molar refractivity (Wildman–Crippen MR) is 98.5 cm³/mol. The number of H-pyrrole nitrogens is 1. The maximum Gasteiger partial charge on any atom is 0.215 e. The van der Waals surface area contributed by atoms with Gasteiger partial charge in [0.15, 0.2) is 0 Å². The van der Waals surface area contributed by atoms with E-state index in [2.05, 4.69) is 15.8 Å². The Labute approximate surface area is 143 Å². The molecule has 0 aliphatic carbocycles. The predicted octanol–water partition coefficient (Wildman–Crippen LogP) is 3.45. The summed E-state index contributed by atoms with van der Waals surface area (Å²) in [5.41, 5.74) is 5.23. The second-order valence-electron chi connectivity index (χ2n) is 6.17. The van der Waals surface area contributed by atoms with Gasteiger partial charge in [0, 0.05) is 23.1 Å². The van der Waals surface area contributed by atoms with Gasteiger partial charge in [0.05, 0.1) is 5.75 Å². The van der Waals surface area contributed by atoms with Crippen molar-refractivity contribution in [2.24, 2.45) is 0 Å². The first-order chi connectivity index (χ1) is 11.4. The van der Waals surface area contributed by atoms with Crippen molar-refractivity contribution in [2.75, 3.05) is 6.54 Å². The van der Waals surface area contributed by atoms with Gasteiger partial charge in [-0.25, -0.2) is 13.1 Å². The first kappa shape index (κ1) is 16.7. The summed E-state index contributed by atoms with van der Waals surface area (Å²) in [5.74, 6) is 0.0154. The number of para-hydroxylation sites is 1. The van der Waals surface area contributed by atoms with Crippen molar-refractivity contribution in [1.82, 2.24) is 9.71 Å². The zero-order valence-corrected chi connectivity index (χ0v) is 14.8. The van der Waals surface area contributed by atoms with Gasteiger partial charge >= 0.3 is 0 Å². The summed E-state index contributed by atoms with van der Waals surface area (Å²) in [6.45, 7) is 4.39. The Morgan fingerprint density at radius 1 is 1.04 bits per heavy atom. The molecule has 4 nitrogen and oxygen atoms in total. The van der Waals surface area contributed by atoms with Gasteiger partial charge in [0.1, 0.15) is 0 Å². The molecule has 0 radical (unpaired) electrons. The quantitative estimate of drug-likeness (QED) is 0.721. The first-order valence-electron chi connectivity index (χ1n) is 8.04. The van der Waals surface area contributed by atoms with E-state index in [1.165, 1.54) is 5.56 Å². The van der Waals surface area contributed by atoms with E-state index in [9.17, 15) is 8.42 Å². The highest BCUT2D eigenvalue weighted by molar-refractivity contribution is 7.88. The van der Waals surface area contributed by atoms with Gasteiger partial charge in [-0.2, -0.15) is 0 Å². The summed E-state index contributed by atoms with van der Waals surface area (Å²) < 4.78 is 27.3. The lowest BCUT2D eigenvalue weighted by molar-refractivity contribution is 0.581. The number of benzene rings is 2. The molecule has 2 aromatic carbocycles. The van der Waals surface area contributed by atoms with Crippen LogP contribution < -0.4 is 4.72 Å². The Hall–Kier alpha value is -2.11. The smallest absolute Gasteiger partial charge is 0.215 e. The molecule has 0 amide bonds. The molecular weight excluding hydrogens is 320 g/mol. The molecule has 0 unspecified atom stereocenters. The standard InChI is InChI=1S/C19H22N2O2S/c1-14-6-5-7-16(12-14)13-24(22,23)20-11-10-17-15(2)21-19-9-4-3-8-18(17)19/h3-9,12,20-21H,10-11,13H2,1-2H3. The number of aromatic nitrogens is 1. The van der Waals surface area contributed by atoms with Crippen LogP contribution in [0.15, 0.2) is 48.5 Å². The number of fused-ring (bicyclic) bond motifs is 1. The lowest BCUT2D eigenvalue weighted by atomic mass is 10.1. The highest BCUT2D eigenvalue weighted by atomic mass is 32.2. The van der Waals surface area contributed by atoms with Crippen LogP contribution in [-0.2, 0) is 22.2 Å². The third-order valence-electron chi connectivity index (χ3n) is 4.16. The largest absolute Gasteiger partial charge is 0.358 e. The monoisotopic (exact) mass is 342 g/mol. The number of sulfonamides is 1. The van der Waals surface area contributed by atoms with Gasteiger partial charge in [-0.15, -0.1) is 0 Å². The van der Waals surface area contributed by atoms with Gasteiger partial charge in [0.25, 0.3) is 0 Å². The van der Waals surface area contributed by atoms with Crippen molar-refractivity contribution in [3.63, 3.8) is 0 Å². The van der Waals surface area contributed by atoms with Crippen LogP contribution in [0.4, 0.5) is 0 Å². The van der Waals surface area contributed by atoms with E-state index in [0.29, 0.717) is 13.0 Å². The fourth-order valence-corrected chi connectivity index (χ4v) is 4.19. The number of hydrogen-bond donors (Lipinski definition) is 2. The lowest BCUT2D eigenvalue weighted by Gasteiger charge is -2.08. The number of hydrogen-bond acceptors (Lipinski definition) is 2. The maximum absolute atomic E-state index is 12.3. The van der Waals surface area contributed by atoms with Crippen molar-refractivity contribution in [3.05, 3.63) is 70.9 Å². The summed E-state index contributed by atoms with van der Waals surface area (Å²) in [6.07, 6.45) is 0.670. The van der Waals surface area contributed by atoms with Crippen molar-refractivity contribution >= 4 is 20.9 Å². The fraction of sp³-hybridized carbons (Fsp3) is 0.263. The minimum atomic E-state index is -3.33. The van der Waals surface area contributed by atoms with E-state index in [-0.39, 0.29) is 5.75 Å². The molecule has 3 rings (SSSR count). The summed E-state index contributed by atoms with van der Waals surface area (Å²) in [5, 5.41) is 1.16. The van der Waals surface area contributed by atoms with Crippen LogP contribution in [0.5, 0.6) is 0 Å². The SMILES string of the molecule is Cc1cccc(CS(=O)(=O)NCCc2c(C)[nH]c3ccccc23)c1. The molecule has 2 N–H and O–H groups in total. The molecule has 24 heavy (non-hydrogen) atoms. The molecule has 0 fully saturated rings. The average molecular weight is 342 g/mol. The molecule has 1 aromatic heterocycles. The highest BCUT2D eigenvalue weighted by Gasteiger charge is 2.13. The molecule has 126 valence electrons. The summed E-state index contributed by atoms with van der Waals surface area (Å²) in [7, 11) is -3.33. The molecule has 1 heterocycles. The second kappa shape index (κ2) is 6.79.